The van der Waals surface area contributed by atoms with Gasteiger partial charge in [0.25, 0.3) is 0 Å². The molecule has 0 aliphatic carbocycles. The molecule has 11 aromatic rings. The molecule has 204 valence electrons. The first-order chi connectivity index (χ1) is 21.8. The van der Waals surface area contributed by atoms with Crippen molar-refractivity contribution in [2.75, 3.05) is 0 Å². The molecule has 3 heteroatoms. The van der Waals surface area contributed by atoms with Crippen LogP contribution >= 0.6 is 0 Å². The topological polar surface area (TPSA) is 14.3 Å². The van der Waals surface area contributed by atoms with Gasteiger partial charge in [-0.3, -0.25) is 0 Å². The number of nitrogens with zero attached hydrogens (tertiary/aromatic N) is 3. The molecule has 4 aromatic heterocycles. The predicted molar refractivity (Wildman–Crippen MR) is 187 cm³/mol. The summed E-state index contributed by atoms with van der Waals surface area (Å²) in [5.74, 6) is 0. The van der Waals surface area contributed by atoms with Gasteiger partial charge < -0.3 is 13.5 Å². The molecule has 0 saturated carbocycles. The van der Waals surface area contributed by atoms with Crippen molar-refractivity contribution in [2.45, 2.75) is 0 Å². The average molecular weight is 560 g/mol. The zero-order chi connectivity index (χ0) is 28.7. The number of benzene rings is 7. The van der Waals surface area contributed by atoms with Crippen molar-refractivity contribution in [1.29, 1.82) is 0 Å². The Labute approximate surface area is 251 Å². The fourth-order valence-corrected chi connectivity index (χ4v) is 8.43. The van der Waals surface area contributed by atoms with E-state index in [1.54, 1.807) is 0 Å². The minimum absolute atomic E-state index is 1.18. The average Bonchev–Trinajstić information content (AvgIpc) is 3.67. The first kappa shape index (κ1) is 22.8. The predicted octanol–water partition coefficient (Wildman–Crippen LogP) is 10.7. The lowest BCUT2D eigenvalue weighted by Crippen LogP contribution is -1.97. The van der Waals surface area contributed by atoms with Gasteiger partial charge in [-0.05, 0) is 47.2 Å². The first-order valence-electron chi connectivity index (χ1n) is 15.3. The van der Waals surface area contributed by atoms with Crippen LogP contribution in [0.25, 0.3) is 98.2 Å². The highest BCUT2D eigenvalue weighted by Crippen LogP contribution is 2.48. The maximum Gasteiger partial charge on any atom is 0.0786 e. The maximum absolute atomic E-state index is 2.56. The molecule has 11 rings (SSSR count). The molecule has 3 nitrogen and oxygen atoms in total. The van der Waals surface area contributed by atoms with Crippen LogP contribution in [0.3, 0.4) is 0 Å². The van der Waals surface area contributed by atoms with E-state index in [1.165, 1.54) is 98.2 Å². The van der Waals surface area contributed by atoms with E-state index in [0.29, 0.717) is 0 Å². The summed E-state index contributed by atoms with van der Waals surface area (Å²) >= 11 is 0. The zero-order valence-corrected chi connectivity index (χ0v) is 24.0. The minimum atomic E-state index is 1.18. The number of hydrogen-bond acceptors (Lipinski definition) is 0. The third-order valence-electron chi connectivity index (χ3n) is 10.1. The Kier molecular flexibility index (Phi) is 4.02. The van der Waals surface area contributed by atoms with E-state index >= 15 is 0 Å². The summed E-state index contributed by atoms with van der Waals surface area (Å²) in [6.45, 7) is 0. The van der Waals surface area contributed by atoms with Gasteiger partial charge in [-0.1, -0.05) is 97.1 Å². The highest BCUT2D eigenvalue weighted by molar-refractivity contribution is 6.38. The van der Waals surface area contributed by atoms with Gasteiger partial charge in [0.2, 0.25) is 0 Å². The largest absolute Gasteiger partial charge is 0.341 e. The van der Waals surface area contributed by atoms with E-state index in [2.05, 4.69) is 154 Å². The van der Waals surface area contributed by atoms with Crippen molar-refractivity contribution in [1.82, 2.24) is 13.5 Å². The summed E-state index contributed by atoms with van der Waals surface area (Å²) in [4.78, 5) is 0. The van der Waals surface area contributed by atoms with Crippen molar-refractivity contribution in [2.24, 2.45) is 7.05 Å². The fourth-order valence-electron chi connectivity index (χ4n) is 8.43. The normalized spacial score (nSPS) is 12.7. The smallest absolute Gasteiger partial charge is 0.0786 e. The highest BCUT2D eigenvalue weighted by atomic mass is 15.0. The molecule has 0 aliphatic rings. The van der Waals surface area contributed by atoms with Gasteiger partial charge in [0.15, 0.2) is 0 Å². The minimum Gasteiger partial charge on any atom is -0.341 e. The van der Waals surface area contributed by atoms with Crippen LogP contribution in [0, 0.1) is 0 Å². The Morgan fingerprint density at radius 3 is 1.84 bits per heavy atom. The molecule has 0 radical (unpaired) electrons. The van der Waals surface area contributed by atoms with E-state index in [-0.39, 0.29) is 0 Å². The van der Waals surface area contributed by atoms with Gasteiger partial charge in [-0.2, -0.15) is 0 Å². The standard InChI is InChI=1S/C41H25N3/c1-42-39-26-15-6-5-12-24(26)22-31-30-19-11-18-29-27-16-7-10-21-34(27)44(38(29)30)35-23-32-28-17-8-9-20-33(28)43(25-13-3-2-4-14-25)40(32)41(42)37(35)36(31)39/h2-23H,1H3. The van der Waals surface area contributed by atoms with Crippen LogP contribution in [0.1, 0.15) is 0 Å². The van der Waals surface area contributed by atoms with Crippen LogP contribution in [0.4, 0.5) is 0 Å². The Hall–Kier alpha value is -5.80. The highest BCUT2D eigenvalue weighted by Gasteiger charge is 2.26. The third kappa shape index (κ3) is 2.53. The van der Waals surface area contributed by atoms with Gasteiger partial charge in [-0.25, -0.2) is 0 Å². The zero-order valence-electron chi connectivity index (χ0n) is 24.0. The van der Waals surface area contributed by atoms with Crippen molar-refractivity contribution in [3.63, 3.8) is 0 Å². The van der Waals surface area contributed by atoms with Crippen LogP contribution in [-0.2, 0) is 7.05 Å². The number of aryl methyl sites for hydroxylation is 1. The maximum atomic E-state index is 2.56. The molecule has 0 atom stereocenters. The van der Waals surface area contributed by atoms with Gasteiger partial charge >= 0.3 is 0 Å². The Balaban J connectivity index is 1.59. The van der Waals surface area contributed by atoms with Gasteiger partial charge in [0, 0.05) is 55.8 Å². The summed E-state index contributed by atoms with van der Waals surface area (Å²) in [6.07, 6.45) is 0. The SMILES string of the molecule is Cn1c2c3ccccc3cc3c4cccc5c6ccccc6n(c6cc7c8ccccc8n(-c8ccccc8)c7c1c6c32)c45. The van der Waals surface area contributed by atoms with Gasteiger partial charge in [0.1, 0.15) is 0 Å². The van der Waals surface area contributed by atoms with E-state index in [0.717, 1.165) is 0 Å². The molecule has 44 heavy (non-hydrogen) atoms. The second kappa shape index (κ2) is 7.77. The molecule has 0 bridgehead atoms. The summed E-state index contributed by atoms with van der Waals surface area (Å²) in [5.41, 5.74) is 10.00. The Morgan fingerprint density at radius 2 is 1.02 bits per heavy atom. The molecule has 0 aliphatic heterocycles. The molecular weight excluding hydrogens is 534 g/mol. The number of aromatic nitrogens is 3. The third-order valence-corrected chi connectivity index (χ3v) is 10.1. The quantitative estimate of drug-likeness (QED) is 0.190. The fraction of sp³-hybridized carbons (Fsp3) is 0.0244. The summed E-state index contributed by atoms with van der Waals surface area (Å²) in [5, 5.41) is 12.9. The van der Waals surface area contributed by atoms with Crippen LogP contribution in [0.2, 0.25) is 0 Å². The second-order valence-electron chi connectivity index (χ2n) is 12.2. The molecule has 0 fully saturated rings. The van der Waals surface area contributed by atoms with Crippen molar-refractivity contribution < 1.29 is 0 Å². The lowest BCUT2D eigenvalue weighted by Gasteiger charge is -2.11. The van der Waals surface area contributed by atoms with E-state index in [4.69, 9.17) is 0 Å². The van der Waals surface area contributed by atoms with Crippen molar-refractivity contribution in [3.8, 4) is 5.69 Å². The Morgan fingerprint density at radius 1 is 0.386 bits per heavy atom. The molecule has 0 N–H and O–H groups in total. The molecule has 4 heterocycles. The van der Waals surface area contributed by atoms with E-state index < -0.39 is 0 Å². The monoisotopic (exact) mass is 559 g/mol. The number of rotatable bonds is 1. The lowest BCUT2D eigenvalue weighted by molar-refractivity contribution is 1.02. The second-order valence-corrected chi connectivity index (χ2v) is 12.2. The lowest BCUT2D eigenvalue weighted by atomic mass is 9.98. The van der Waals surface area contributed by atoms with E-state index in [1.807, 2.05) is 0 Å². The van der Waals surface area contributed by atoms with E-state index in [9.17, 15) is 0 Å². The molecule has 0 amide bonds. The Bertz CT molecular complexity index is 2990. The number of para-hydroxylation sites is 4. The molecule has 7 aromatic carbocycles. The van der Waals surface area contributed by atoms with Gasteiger partial charge in [-0.15, -0.1) is 0 Å². The van der Waals surface area contributed by atoms with Crippen LogP contribution in [0.15, 0.2) is 133 Å². The van der Waals surface area contributed by atoms with Crippen molar-refractivity contribution >= 4 is 92.5 Å². The molecule has 0 unspecified atom stereocenters. The van der Waals surface area contributed by atoms with Gasteiger partial charge in [0.05, 0.1) is 38.6 Å². The van der Waals surface area contributed by atoms with Crippen LogP contribution in [0.5, 0.6) is 0 Å². The molecule has 0 saturated heterocycles. The molecule has 0 spiro atoms. The first-order valence-corrected chi connectivity index (χ1v) is 15.3. The number of hydrogen-bond donors (Lipinski definition) is 0. The van der Waals surface area contributed by atoms with Crippen LogP contribution < -0.4 is 0 Å². The van der Waals surface area contributed by atoms with Crippen molar-refractivity contribution in [3.05, 3.63) is 133 Å². The summed E-state index contributed by atoms with van der Waals surface area (Å²) in [7, 11) is 2.27. The van der Waals surface area contributed by atoms with Crippen LogP contribution in [-0.4, -0.2) is 13.5 Å². The summed E-state index contributed by atoms with van der Waals surface area (Å²) < 4.78 is 7.52. The molecular formula is C41H25N3. The number of fused-ring (bicyclic) bond motifs is 11. The summed E-state index contributed by atoms with van der Waals surface area (Å²) in [6, 6.07) is 49.3.